The van der Waals surface area contributed by atoms with Gasteiger partial charge in [0.05, 0.1) is 13.7 Å². The van der Waals surface area contributed by atoms with E-state index in [4.69, 9.17) is 9.47 Å². The van der Waals surface area contributed by atoms with Crippen LogP contribution in [-0.4, -0.2) is 49.7 Å². The molecule has 2 aliphatic rings. The van der Waals surface area contributed by atoms with Gasteiger partial charge in [-0.05, 0) is 43.4 Å². The van der Waals surface area contributed by atoms with Crippen LogP contribution in [0.25, 0.3) is 0 Å². The first-order chi connectivity index (χ1) is 11.6. The average molecular weight is 369 g/mol. The van der Waals surface area contributed by atoms with E-state index in [1.165, 1.54) is 12.8 Å². The Balaban J connectivity index is 0.00000225. The van der Waals surface area contributed by atoms with Crippen molar-refractivity contribution in [1.29, 1.82) is 0 Å². The molecule has 3 rings (SSSR count). The van der Waals surface area contributed by atoms with Crippen LogP contribution in [0.3, 0.4) is 0 Å². The van der Waals surface area contributed by atoms with Gasteiger partial charge in [0.1, 0.15) is 0 Å². The van der Waals surface area contributed by atoms with Crippen molar-refractivity contribution in [3.63, 3.8) is 0 Å². The van der Waals surface area contributed by atoms with Crippen LogP contribution >= 0.6 is 12.4 Å². The number of likely N-dealkylation sites (tertiary alicyclic amines) is 1. The van der Waals surface area contributed by atoms with Crippen molar-refractivity contribution in [2.24, 2.45) is 5.92 Å². The zero-order valence-electron chi connectivity index (χ0n) is 15.3. The number of methoxy groups -OCH3 is 1. The fraction of sp³-hybridized carbons (Fsp3) is 0.632. The molecule has 25 heavy (non-hydrogen) atoms. The minimum Gasteiger partial charge on any atom is -0.493 e. The van der Waals surface area contributed by atoms with Crippen molar-refractivity contribution in [1.82, 2.24) is 10.2 Å². The Morgan fingerprint density at radius 2 is 2.00 bits per heavy atom. The minimum absolute atomic E-state index is 0. The molecule has 1 aromatic carbocycles. The van der Waals surface area contributed by atoms with Gasteiger partial charge in [-0.2, -0.15) is 0 Å². The molecule has 2 heterocycles. The van der Waals surface area contributed by atoms with Crippen molar-refractivity contribution in [3.05, 3.63) is 23.8 Å². The molecule has 5 nitrogen and oxygen atoms in total. The van der Waals surface area contributed by atoms with Crippen LogP contribution in [0.15, 0.2) is 18.2 Å². The van der Waals surface area contributed by atoms with E-state index in [2.05, 4.69) is 19.2 Å². The Morgan fingerprint density at radius 3 is 2.72 bits per heavy atom. The molecule has 2 bridgehead atoms. The quantitative estimate of drug-likeness (QED) is 0.867. The molecule has 140 valence electrons. The number of hydrogen-bond donors (Lipinski definition) is 1. The highest BCUT2D eigenvalue weighted by molar-refractivity contribution is 5.95. The molecular formula is C19H29ClN2O3. The molecule has 2 unspecified atom stereocenters. The first kappa shape index (κ1) is 19.9. The number of rotatable bonds is 5. The molecule has 1 amide bonds. The van der Waals surface area contributed by atoms with Crippen molar-refractivity contribution >= 4 is 18.3 Å². The lowest BCUT2D eigenvalue weighted by molar-refractivity contribution is 0.0747. The first-order valence-electron chi connectivity index (χ1n) is 8.93. The molecule has 0 saturated carbocycles. The Kier molecular flexibility index (Phi) is 6.96. The molecular weight excluding hydrogens is 340 g/mol. The fourth-order valence-corrected chi connectivity index (χ4v) is 3.49. The number of halogens is 1. The second kappa shape index (κ2) is 8.77. The van der Waals surface area contributed by atoms with E-state index in [-0.39, 0.29) is 18.3 Å². The molecule has 0 aliphatic carbocycles. The number of carbonyl (C=O) groups excluding carboxylic acids is 1. The van der Waals surface area contributed by atoms with Crippen LogP contribution in [0.4, 0.5) is 0 Å². The second-order valence-electron chi connectivity index (χ2n) is 7.25. The number of benzene rings is 1. The van der Waals surface area contributed by atoms with Gasteiger partial charge in [-0.3, -0.25) is 4.79 Å². The van der Waals surface area contributed by atoms with Gasteiger partial charge in [-0.25, -0.2) is 0 Å². The van der Waals surface area contributed by atoms with E-state index >= 15 is 0 Å². The van der Waals surface area contributed by atoms with Crippen LogP contribution in [0, 0.1) is 5.92 Å². The van der Waals surface area contributed by atoms with Crippen LogP contribution in [0.1, 0.15) is 43.5 Å². The molecule has 0 spiro atoms. The van der Waals surface area contributed by atoms with Gasteiger partial charge < -0.3 is 19.7 Å². The summed E-state index contributed by atoms with van der Waals surface area (Å²) in [6.45, 7) is 6.45. The summed E-state index contributed by atoms with van der Waals surface area (Å²) in [4.78, 5) is 14.8. The summed E-state index contributed by atoms with van der Waals surface area (Å²) in [5.74, 6) is 1.84. The number of ether oxygens (including phenoxy) is 2. The number of carbonyl (C=O) groups is 1. The van der Waals surface area contributed by atoms with Crippen molar-refractivity contribution in [3.8, 4) is 11.5 Å². The van der Waals surface area contributed by atoms with Crippen LogP contribution in [0.5, 0.6) is 11.5 Å². The van der Waals surface area contributed by atoms with Crippen LogP contribution in [-0.2, 0) is 0 Å². The smallest absolute Gasteiger partial charge is 0.254 e. The summed E-state index contributed by atoms with van der Waals surface area (Å²) in [5.41, 5.74) is 0.668. The van der Waals surface area contributed by atoms with Gasteiger partial charge in [0.2, 0.25) is 0 Å². The molecule has 2 aliphatic heterocycles. The van der Waals surface area contributed by atoms with E-state index in [1.54, 1.807) is 13.2 Å². The fourth-order valence-electron chi connectivity index (χ4n) is 3.49. The Hall–Kier alpha value is -1.46. The third kappa shape index (κ3) is 4.79. The number of hydrogen-bond acceptors (Lipinski definition) is 4. The predicted octanol–water partition coefficient (Wildman–Crippen LogP) is 3.12. The molecule has 2 fully saturated rings. The third-order valence-electron chi connectivity index (χ3n) is 4.79. The molecule has 2 saturated heterocycles. The average Bonchev–Trinajstić information content (AvgIpc) is 2.91. The van der Waals surface area contributed by atoms with Crippen molar-refractivity contribution in [2.45, 2.75) is 45.2 Å². The summed E-state index contributed by atoms with van der Waals surface area (Å²) in [6, 6.07) is 6.51. The Bertz CT molecular complexity index is 594. The molecule has 0 radical (unpaired) electrons. The zero-order chi connectivity index (χ0) is 17.1. The maximum atomic E-state index is 12.9. The number of nitrogens with one attached hydrogen (secondary N) is 1. The Morgan fingerprint density at radius 1 is 1.24 bits per heavy atom. The summed E-state index contributed by atoms with van der Waals surface area (Å²) in [7, 11) is 1.61. The monoisotopic (exact) mass is 368 g/mol. The highest BCUT2D eigenvalue weighted by Gasteiger charge is 2.31. The van der Waals surface area contributed by atoms with Crippen molar-refractivity contribution < 1.29 is 14.3 Å². The summed E-state index contributed by atoms with van der Waals surface area (Å²) < 4.78 is 11.2. The molecule has 1 N–H and O–H groups in total. The molecule has 6 heteroatoms. The first-order valence-corrected chi connectivity index (χ1v) is 8.93. The lowest BCUT2D eigenvalue weighted by Crippen LogP contribution is -2.39. The van der Waals surface area contributed by atoms with E-state index in [0.717, 1.165) is 19.5 Å². The topological polar surface area (TPSA) is 50.8 Å². The van der Waals surface area contributed by atoms with Gasteiger partial charge in [0, 0.05) is 30.7 Å². The number of amides is 1. The van der Waals surface area contributed by atoms with Gasteiger partial charge in [-0.1, -0.05) is 13.8 Å². The van der Waals surface area contributed by atoms with Crippen molar-refractivity contribution in [2.75, 3.05) is 26.8 Å². The Labute approximate surface area is 156 Å². The number of fused-ring (bicyclic) bond motifs is 2. The highest BCUT2D eigenvalue weighted by Crippen LogP contribution is 2.29. The van der Waals surface area contributed by atoms with E-state index < -0.39 is 0 Å². The predicted molar refractivity (Wildman–Crippen MR) is 101 cm³/mol. The van der Waals surface area contributed by atoms with Crippen LogP contribution < -0.4 is 14.8 Å². The second-order valence-corrected chi connectivity index (χ2v) is 7.25. The lowest BCUT2D eigenvalue weighted by Gasteiger charge is -2.24. The highest BCUT2D eigenvalue weighted by atomic mass is 35.5. The third-order valence-corrected chi connectivity index (χ3v) is 4.79. The van der Waals surface area contributed by atoms with Gasteiger partial charge >= 0.3 is 0 Å². The van der Waals surface area contributed by atoms with E-state index in [0.29, 0.717) is 41.7 Å². The lowest BCUT2D eigenvalue weighted by atomic mass is 10.1. The summed E-state index contributed by atoms with van der Waals surface area (Å²) >= 11 is 0. The maximum absolute atomic E-state index is 12.9. The standard InChI is InChI=1S/C19H28N2O3.ClH/c1-13(2)12-24-17-7-4-14(10-18(17)23-3)19(22)21-9-8-15-5-6-16(11-21)20-15;/h4,7,10,13,15-16,20H,5-6,8-9,11-12H2,1-3H3;1H. The molecule has 2 atom stereocenters. The van der Waals surface area contributed by atoms with Gasteiger partial charge in [-0.15, -0.1) is 12.4 Å². The van der Waals surface area contributed by atoms with E-state index in [9.17, 15) is 4.79 Å². The summed E-state index contributed by atoms with van der Waals surface area (Å²) in [6.07, 6.45) is 3.44. The normalized spacial score (nSPS) is 22.3. The molecule has 0 aromatic heterocycles. The van der Waals surface area contributed by atoms with Gasteiger partial charge in [0.25, 0.3) is 5.91 Å². The SMILES string of the molecule is COc1cc(C(=O)N2CCC3CCC(C2)N3)ccc1OCC(C)C.Cl. The number of nitrogens with zero attached hydrogens (tertiary/aromatic N) is 1. The van der Waals surface area contributed by atoms with Gasteiger partial charge in [0.15, 0.2) is 11.5 Å². The maximum Gasteiger partial charge on any atom is 0.254 e. The van der Waals surface area contributed by atoms with Crippen LogP contribution in [0.2, 0.25) is 0 Å². The molecule has 1 aromatic rings. The zero-order valence-corrected chi connectivity index (χ0v) is 16.1. The summed E-state index contributed by atoms with van der Waals surface area (Å²) in [5, 5.41) is 3.61. The minimum atomic E-state index is 0. The van der Waals surface area contributed by atoms with E-state index in [1.807, 2.05) is 17.0 Å². The largest absolute Gasteiger partial charge is 0.493 e.